The maximum atomic E-state index is 13.6. The molecule has 0 spiro atoms. The van der Waals surface area contributed by atoms with Gasteiger partial charge < -0.3 is 4.74 Å². The molecule has 3 aromatic rings. The molecule has 25 heavy (non-hydrogen) atoms. The van der Waals surface area contributed by atoms with Crippen LogP contribution in [0, 0.1) is 0 Å². The second kappa shape index (κ2) is 6.36. The molecule has 0 fully saturated rings. The molecule has 0 aliphatic rings. The van der Waals surface area contributed by atoms with Crippen LogP contribution in [-0.4, -0.2) is 33.8 Å². The van der Waals surface area contributed by atoms with Crippen LogP contribution in [-0.2, 0) is 9.53 Å². The first-order valence-corrected chi connectivity index (χ1v) is 7.43. The monoisotopic (exact) mass is 369 g/mol. The SMILES string of the molecule is COC(=O)C(c1cc(Cl)cc2ccn(-c3ncccn3)c12)C(F)(F)F. The summed E-state index contributed by atoms with van der Waals surface area (Å²) < 4.78 is 46.4. The lowest BCUT2D eigenvalue weighted by atomic mass is 9.96. The Kier molecular flexibility index (Phi) is 4.38. The smallest absolute Gasteiger partial charge is 0.406 e. The molecule has 0 aliphatic heterocycles. The van der Waals surface area contributed by atoms with Gasteiger partial charge in [-0.2, -0.15) is 13.2 Å². The molecule has 0 bridgehead atoms. The Bertz CT molecular complexity index is 926. The molecule has 1 aromatic carbocycles. The van der Waals surface area contributed by atoms with E-state index in [1.165, 1.54) is 29.2 Å². The van der Waals surface area contributed by atoms with Gasteiger partial charge in [0.25, 0.3) is 0 Å². The molecule has 0 aliphatic carbocycles. The summed E-state index contributed by atoms with van der Waals surface area (Å²) in [6, 6.07) is 5.77. The van der Waals surface area contributed by atoms with Crippen LogP contribution < -0.4 is 0 Å². The lowest BCUT2D eigenvalue weighted by Gasteiger charge is -2.20. The third kappa shape index (κ3) is 3.17. The van der Waals surface area contributed by atoms with Gasteiger partial charge in [-0.25, -0.2) is 9.97 Å². The van der Waals surface area contributed by atoms with Gasteiger partial charge in [-0.1, -0.05) is 11.6 Å². The molecule has 2 aromatic heterocycles. The molecule has 0 saturated heterocycles. The Balaban J connectivity index is 2.33. The van der Waals surface area contributed by atoms with Gasteiger partial charge >= 0.3 is 12.1 Å². The average molecular weight is 370 g/mol. The van der Waals surface area contributed by atoms with Crippen molar-refractivity contribution in [3.8, 4) is 5.95 Å². The quantitative estimate of drug-likeness (QED) is 0.657. The Morgan fingerprint density at radius 1 is 1.28 bits per heavy atom. The second-order valence-electron chi connectivity index (χ2n) is 5.17. The summed E-state index contributed by atoms with van der Waals surface area (Å²) in [5, 5.41) is 0.500. The molecule has 0 N–H and O–H groups in total. The summed E-state index contributed by atoms with van der Waals surface area (Å²) in [5.74, 6) is -3.72. The van der Waals surface area contributed by atoms with Crippen molar-refractivity contribution in [2.45, 2.75) is 12.1 Å². The Labute approximate surface area is 145 Å². The first-order chi connectivity index (χ1) is 11.8. The molecule has 5 nitrogen and oxygen atoms in total. The summed E-state index contributed by atoms with van der Waals surface area (Å²) in [4.78, 5) is 19.9. The van der Waals surface area contributed by atoms with Crippen molar-refractivity contribution in [2.75, 3.05) is 7.11 Å². The number of halogens is 4. The fourth-order valence-corrected chi connectivity index (χ4v) is 2.87. The van der Waals surface area contributed by atoms with Crippen LogP contribution in [0.25, 0.3) is 16.9 Å². The van der Waals surface area contributed by atoms with Gasteiger partial charge in [-0.05, 0) is 24.3 Å². The number of alkyl halides is 3. The molecular weight excluding hydrogens is 359 g/mol. The highest BCUT2D eigenvalue weighted by atomic mass is 35.5. The molecule has 0 radical (unpaired) electrons. The Hall–Kier alpha value is -2.61. The largest absolute Gasteiger partial charge is 0.468 e. The first kappa shape index (κ1) is 17.2. The van der Waals surface area contributed by atoms with Gasteiger partial charge in [-0.15, -0.1) is 0 Å². The number of rotatable bonds is 3. The molecule has 130 valence electrons. The number of aromatic nitrogens is 3. The zero-order valence-electron chi connectivity index (χ0n) is 12.8. The Morgan fingerprint density at radius 3 is 2.56 bits per heavy atom. The highest BCUT2D eigenvalue weighted by Gasteiger charge is 2.48. The van der Waals surface area contributed by atoms with Gasteiger partial charge in [0, 0.05) is 34.6 Å². The molecule has 0 saturated carbocycles. The van der Waals surface area contributed by atoms with Gasteiger partial charge in [-0.3, -0.25) is 9.36 Å². The van der Waals surface area contributed by atoms with Gasteiger partial charge in [0.1, 0.15) is 0 Å². The van der Waals surface area contributed by atoms with Crippen molar-refractivity contribution < 1.29 is 22.7 Å². The van der Waals surface area contributed by atoms with E-state index in [0.717, 1.165) is 13.2 Å². The zero-order valence-corrected chi connectivity index (χ0v) is 13.5. The normalized spacial score (nSPS) is 13.0. The lowest BCUT2D eigenvalue weighted by molar-refractivity contribution is -0.179. The Morgan fingerprint density at radius 2 is 1.96 bits per heavy atom. The van der Waals surface area contributed by atoms with Crippen LogP contribution in [0.5, 0.6) is 0 Å². The summed E-state index contributed by atoms with van der Waals surface area (Å²) in [7, 11) is 0.905. The molecule has 3 rings (SSSR count). The number of hydrogen-bond acceptors (Lipinski definition) is 4. The number of ether oxygens (including phenoxy) is 1. The molecule has 1 atom stereocenters. The van der Waals surface area contributed by atoms with E-state index in [4.69, 9.17) is 11.6 Å². The second-order valence-corrected chi connectivity index (χ2v) is 5.60. The number of nitrogens with zero attached hydrogens (tertiary/aromatic N) is 3. The highest BCUT2D eigenvalue weighted by molar-refractivity contribution is 6.31. The third-order valence-corrected chi connectivity index (χ3v) is 3.84. The molecule has 9 heteroatoms. The van der Waals surface area contributed by atoms with Crippen molar-refractivity contribution in [3.05, 3.63) is 53.4 Å². The predicted molar refractivity (Wildman–Crippen MR) is 84.7 cm³/mol. The lowest BCUT2D eigenvalue weighted by Crippen LogP contribution is -2.30. The summed E-state index contributed by atoms with van der Waals surface area (Å²) in [6.07, 6.45) is -0.404. The molecule has 0 amide bonds. The molecule has 2 heterocycles. The summed E-state index contributed by atoms with van der Waals surface area (Å²) >= 11 is 5.96. The van der Waals surface area contributed by atoms with Gasteiger partial charge in [0.2, 0.25) is 5.95 Å². The fraction of sp³-hybridized carbons (Fsp3) is 0.188. The van der Waals surface area contributed by atoms with Crippen molar-refractivity contribution >= 4 is 28.5 Å². The number of carbonyl (C=O) groups excluding carboxylic acids is 1. The number of hydrogen-bond donors (Lipinski definition) is 0. The minimum absolute atomic E-state index is 0.0763. The minimum Gasteiger partial charge on any atom is -0.468 e. The van der Waals surface area contributed by atoms with E-state index in [9.17, 15) is 18.0 Å². The molecule has 1 unspecified atom stereocenters. The van der Waals surface area contributed by atoms with Crippen molar-refractivity contribution in [3.63, 3.8) is 0 Å². The van der Waals surface area contributed by atoms with Crippen molar-refractivity contribution in [2.24, 2.45) is 0 Å². The topological polar surface area (TPSA) is 57.0 Å². The van der Waals surface area contributed by atoms with Crippen LogP contribution in [0.2, 0.25) is 5.02 Å². The van der Waals surface area contributed by atoms with E-state index >= 15 is 0 Å². The maximum Gasteiger partial charge on any atom is 0.406 e. The van der Waals surface area contributed by atoms with Gasteiger partial charge in [0.15, 0.2) is 5.92 Å². The van der Waals surface area contributed by atoms with Crippen LogP contribution in [0.3, 0.4) is 0 Å². The zero-order chi connectivity index (χ0) is 18.2. The molecular formula is C16H11ClF3N3O2. The highest BCUT2D eigenvalue weighted by Crippen LogP contribution is 2.41. The number of fused-ring (bicyclic) bond motifs is 1. The summed E-state index contributed by atoms with van der Waals surface area (Å²) in [6.45, 7) is 0. The van der Waals surface area contributed by atoms with Crippen LogP contribution >= 0.6 is 11.6 Å². The standard InChI is InChI=1S/C16H11ClF3N3O2/c1-25-14(24)12(16(18,19)20)11-8-10(17)7-9-3-6-23(13(9)11)15-21-4-2-5-22-15/h2-8,12H,1H3. The van der Waals surface area contributed by atoms with E-state index in [1.807, 2.05) is 0 Å². The minimum atomic E-state index is -4.85. The van der Waals surface area contributed by atoms with E-state index in [1.54, 1.807) is 12.1 Å². The van der Waals surface area contributed by atoms with E-state index in [-0.39, 0.29) is 22.1 Å². The number of esters is 1. The van der Waals surface area contributed by atoms with Crippen LogP contribution in [0.4, 0.5) is 13.2 Å². The average Bonchev–Trinajstić information content (AvgIpc) is 2.98. The first-order valence-electron chi connectivity index (χ1n) is 7.05. The van der Waals surface area contributed by atoms with Gasteiger partial charge in [0.05, 0.1) is 12.6 Å². The maximum absolute atomic E-state index is 13.6. The van der Waals surface area contributed by atoms with E-state index in [0.29, 0.717) is 5.39 Å². The van der Waals surface area contributed by atoms with Crippen LogP contribution in [0.15, 0.2) is 42.9 Å². The fourth-order valence-electron chi connectivity index (χ4n) is 2.63. The van der Waals surface area contributed by atoms with E-state index < -0.39 is 18.1 Å². The third-order valence-electron chi connectivity index (χ3n) is 3.62. The van der Waals surface area contributed by atoms with Crippen molar-refractivity contribution in [1.29, 1.82) is 0 Å². The number of methoxy groups -OCH3 is 1. The van der Waals surface area contributed by atoms with E-state index in [2.05, 4.69) is 14.7 Å². The summed E-state index contributed by atoms with van der Waals surface area (Å²) in [5.41, 5.74) is -0.178. The van der Waals surface area contributed by atoms with Crippen LogP contribution in [0.1, 0.15) is 11.5 Å². The van der Waals surface area contributed by atoms with Crippen molar-refractivity contribution in [1.82, 2.24) is 14.5 Å². The number of carbonyl (C=O) groups is 1. The predicted octanol–water partition coefficient (Wildman–Crippen LogP) is 3.89. The number of benzene rings is 1.